The highest BCUT2D eigenvalue weighted by Gasteiger charge is 2.30. The quantitative estimate of drug-likeness (QED) is 0.719. The normalized spacial score (nSPS) is 16.8. The highest BCUT2D eigenvalue weighted by molar-refractivity contribution is 7.80. The first kappa shape index (κ1) is 18.1. The largest absolute Gasteiger partial charge is 0.351 e. The molecule has 2 aromatic rings. The lowest BCUT2D eigenvalue weighted by Crippen LogP contribution is -2.45. The first-order valence-electron chi connectivity index (χ1n) is 8.28. The molecule has 0 unspecified atom stereocenters. The van der Waals surface area contributed by atoms with Crippen molar-refractivity contribution in [1.29, 1.82) is 0 Å². The minimum absolute atomic E-state index is 0.229. The number of rotatable bonds is 3. The van der Waals surface area contributed by atoms with E-state index in [2.05, 4.69) is 16.0 Å². The molecule has 1 aliphatic heterocycles. The van der Waals surface area contributed by atoms with Crippen LogP contribution in [0.15, 0.2) is 53.7 Å². The van der Waals surface area contributed by atoms with E-state index < -0.39 is 6.04 Å². The lowest BCUT2D eigenvalue weighted by atomic mass is 9.94. The average Bonchev–Trinajstić information content (AvgIpc) is 2.59. The summed E-state index contributed by atoms with van der Waals surface area (Å²) in [6.07, 6.45) is 0. The maximum Gasteiger partial charge on any atom is 0.255 e. The standard InChI is InChI=1S/C20H20FN3OS/c1-11-5-4-6-16(12(11)2)23-19(25)17-13(3)22-20(26)24-18(17)14-7-9-15(21)10-8-14/h4-10,18H,1-3H3,(H,23,25)(H2,22,24,26)/t18-/m0/s1. The monoisotopic (exact) mass is 369 g/mol. The van der Waals surface area contributed by atoms with Gasteiger partial charge in [0.05, 0.1) is 11.6 Å². The van der Waals surface area contributed by atoms with Crippen molar-refractivity contribution in [2.24, 2.45) is 0 Å². The molecule has 4 nitrogen and oxygen atoms in total. The first-order valence-corrected chi connectivity index (χ1v) is 8.69. The van der Waals surface area contributed by atoms with Gasteiger partial charge in [-0.3, -0.25) is 4.79 Å². The maximum atomic E-state index is 13.3. The predicted molar refractivity (Wildman–Crippen MR) is 105 cm³/mol. The first-order chi connectivity index (χ1) is 12.4. The van der Waals surface area contributed by atoms with Gasteiger partial charge in [0.1, 0.15) is 5.82 Å². The summed E-state index contributed by atoms with van der Waals surface area (Å²) in [5.41, 5.74) is 4.84. The molecule has 0 spiro atoms. The van der Waals surface area contributed by atoms with Crippen LogP contribution in [-0.4, -0.2) is 11.0 Å². The number of halogens is 1. The van der Waals surface area contributed by atoms with E-state index in [1.165, 1.54) is 12.1 Å². The molecule has 1 aliphatic rings. The Kier molecular flexibility index (Phi) is 5.04. The minimum Gasteiger partial charge on any atom is -0.351 e. The van der Waals surface area contributed by atoms with E-state index in [9.17, 15) is 9.18 Å². The Bertz CT molecular complexity index is 906. The Balaban J connectivity index is 1.96. The molecule has 3 rings (SSSR count). The van der Waals surface area contributed by atoms with Crippen LogP contribution < -0.4 is 16.0 Å². The number of carbonyl (C=O) groups excluding carboxylic acids is 1. The summed E-state index contributed by atoms with van der Waals surface area (Å²) in [7, 11) is 0. The Morgan fingerprint density at radius 2 is 1.81 bits per heavy atom. The van der Waals surface area contributed by atoms with Crippen molar-refractivity contribution < 1.29 is 9.18 Å². The molecule has 0 fully saturated rings. The number of benzene rings is 2. The van der Waals surface area contributed by atoms with E-state index >= 15 is 0 Å². The molecule has 3 N–H and O–H groups in total. The molecule has 6 heteroatoms. The van der Waals surface area contributed by atoms with E-state index in [1.54, 1.807) is 12.1 Å². The molecule has 0 saturated carbocycles. The zero-order valence-corrected chi connectivity index (χ0v) is 15.6. The second-order valence-corrected chi connectivity index (χ2v) is 6.73. The van der Waals surface area contributed by atoms with Gasteiger partial charge in [-0.15, -0.1) is 0 Å². The predicted octanol–water partition coefficient (Wildman–Crippen LogP) is 3.87. The molecule has 0 aliphatic carbocycles. The lowest BCUT2D eigenvalue weighted by molar-refractivity contribution is -0.113. The number of allylic oxidation sites excluding steroid dienone is 1. The molecule has 1 atom stereocenters. The van der Waals surface area contributed by atoms with Gasteiger partial charge >= 0.3 is 0 Å². The van der Waals surface area contributed by atoms with Crippen molar-refractivity contribution in [3.05, 3.63) is 76.2 Å². The van der Waals surface area contributed by atoms with Gasteiger partial charge in [0, 0.05) is 11.4 Å². The van der Waals surface area contributed by atoms with Gasteiger partial charge < -0.3 is 16.0 Å². The van der Waals surface area contributed by atoms with Crippen LogP contribution >= 0.6 is 12.2 Å². The van der Waals surface area contributed by atoms with E-state index in [1.807, 2.05) is 39.0 Å². The van der Waals surface area contributed by atoms with Crippen LogP contribution in [0.25, 0.3) is 0 Å². The number of aryl methyl sites for hydroxylation is 1. The molecule has 0 saturated heterocycles. The highest BCUT2D eigenvalue weighted by Crippen LogP contribution is 2.28. The maximum absolute atomic E-state index is 13.3. The van der Waals surface area contributed by atoms with Gasteiger partial charge in [-0.2, -0.15) is 0 Å². The number of anilines is 1. The third-order valence-electron chi connectivity index (χ3n) is 4.57. The summed E-state index contributed by atoms with van der Waals surface area (Å²) >= 11 is 5.23. The molecule has 26 heavy (non-hydrogen) atoms. The Morgan fingerprint density at radius 3 is 2.50 bits per heavy atom. The summed E-state index contributed by atoms with van der Waals surface area (Å²) in [4.78, 5) is 13.0. The number of amides is 1. The zero-order chi connectivity index (χ0) is 18.8. The van der Waals surface area contributed by atoms with E-state index in [0.717, 1.165) is 22.4 Å². The molecule has 2 aromatic carbocycles. The molecular weight excluding hydrogens is 349 g/mol. The fraction of sp³-hybridized carbons (Fsp3) is 0.200. The van der Waals surface area contributed by atoms with Crippen LogP contribution in [0.1, 0.15) is 29.7 Å². The van der Waals surface area contributed by atoms with Crippen LogP contribution in [0.4, 0.5) is 10.1 Å². The van der Waals surface area contributed by atoms with Crippen molar-refractivity contribution >= 4 is 28.9 Å². The second kappa shape index (κ2) is 7.25. The Hall–Kier alpha value is -2.73. The van der Waals surface area contributed by atoms with E-state index in [4.69, 9.17) is 12.2 Å². The fourth-order valence-electron chi connectivity index (χ4n) is 2.98. The van der Waals surface area contributed by atoms with Crippen LogP contribution in [0.5, 0.6) is 0 Å². The van der Waals surface area contributed by atoms with Crippen molar-refractivity contribution in [3.63, 3.8) is 0 Å². The van der Waals surface area contributed by atoms with Crippen molar-refractivity contribution in [2.75, 3.05) is 5.32 Å². The average molecular weight is 369 g/mol. The number of hydrogen-bond acceptors (Lipinski definition) is 2. The van der Waals surface area contributed by atoms with Gasteiger partial charge in [0.25, 0.3) is 5.91 Å². The van der Waals surface area contributed by atoms with Gasteiger partial charge in [-0.1, -0.05) is 24.3 Å². The number of hydrogen-bond donors (Lipinski definition) is 3. The molecular formula is C20H20FN3OS. The number of nitrogens with one attached hydrogen (secondary N) is 3. The Morgan fingerprint density at radius 1 is 1.12 bits per heavy atom. The van der Waals surface area contributed by atoms with E-state index in [-0.39, 0.29) is 11.7 Å². The molecule has 0 aromatic heterocycles. The van der Waals surface area contributed by atoms with Crippen LogP contribution in [-0.2, 0) is 4.79 Å². The summed E-state index contributed by atoms with van der Waals surface area (Å²) in [6.45, 7) is 5.77. The van der Waals surface area contributed by atoms with Crippen LogP contribution in [0, 0.1) is 19.7 Å². The van der Waals surface area contributed by atoms with Crippen molar-refractivity contribution in [1.82, 2.24) is 10.6 Å². The molecule has 1 amide bonds. The SMILES string of the molecule is CC1=C(C(=O)Nc2cccc(C)c2C)[C@H](c2ccc(F)cc2)NC(=S)N1. The number of carbonyl (C=O) groups is 1. The van der Waals surface area contributed by atoms with Gasteiger partial charge in [-0.25, -0.2) is 4.39 Å². The van der Waals surface area contributed by atoms with E-state index in [0.29, 0.717) is 16.4 Å². The van der Waals surface area contributed by atoms with Gasteiger partial charge in [-0.05, 0) is 67.9 Å². The van der Waals surface area contributed by atoms with Crippen molar-refractivity contribution in [2.45, 2.75) is 26.8 Å². The summed E-state index contributed by atoms with van der Waals surface area (Å²) < 4.78 is 13.3. The lowest BCUT2D eigenvalue weighted by Gasteiger charge is -2.30. The highest BCUT2D eigenvalue weighted by atomic mass is 32.1. The Labute approximate surface area is 157 Å². The van der Waals surface area contributed by atoms with Gasteiger partial charge in [0.15, 0.2) is 5.11 Å². The fourth-order valence-corrected chi connectivity index (χ4v) is 3.25. The summed E-state index contributed by atoms with van der Waals surface area (Å²) in [5, 5.41) is 9.52. The molecule has 1 heterocycles. The smallest absolute Gasteiger partial charge is 0.255 e. The summed E-state index contributed by atoms with van der Waals surface area (Å²) in [6, 6.07) is 11.4. The molecule has 0 radical (unpaired) electrons. The van der Waals surface area contributed by atoms with Crippen LogP contribution in [0.3, 0.4) is 0 Å². The number of thiocarbonyl (C=S) groups is 1. The zero-order valence-electron chi connectivity index (χ0n) is 14.8. The molecule has 0 bridgehead atoms. The summed E-state index contributed by atoms with van der Waals surface area (Å²) in [5.74, 6) is -0.555. The third kappa shape index (κ3) is 3.60. The topological polar surface area (TPSA) is 53.2 Å². The van der Waals surface area contributed by atoms with Gasteiger partial charge in [0.2, 0.25) is 0 Å². The molecule has 134 valence electrons. The van der Waals surface area contributed by atoms with Crippen molar-refractivity contribution in [3.8, 4) is 0 Å². The van der Waals surface area contributed by atoms with Crippen LogP contribution in [0.2, 0.25) is 0 Å². The minimum atomic E-state index is -0.450. The second-order valence-electron chi connectivity index (χ2n) is 6.32. The third-order valence-corrected chi connectivity index (χ3v) is 4.79.